The lowest BCUT2D eigenvalue weighted by Crippen LogP contribution is -1.87. The van der Waals surface area contributed by atoms with E-state index in [0.717, 1.165) is 17.1 Å². The fourth-order valence-electron chi connectivity index (χ4n) is 1.17. The molecule has 2 aromatic rings. The van der Waals surface area contributed by atoms with Crippen LogP contribution in [0.2, 0.25) is 0 Å². The Morgan fingerprint density at radius 2 is 2.17 bits per heavy atom. The van der Waals surface area contributed by atoms with Crippen LogP contribution in [0.25, 0.3) is 10.8 Å². The van der Waals surface area contributed by atoms with Crippen molar-refractivity contribution in [1.82, 2.24) is 4.98 Å². The summed E-state index contributed by atoms with van der Waals surface area (Å²) in [5.41, 5.74) is 0.476. The van der Waals surface area contributed by atoms with Gasteiger partial charge in [-0.25, -0.2) is 0 Å². The molecule has 1 radical (unpaired) electrons. The van der Waals surface area contributed by atoms with Gasteiger partial charge in [-0.1, -0.05) is 24.3 Å². The number of hydrogen-bond donors (Lipinski definition) is 0. The molecule has 0 saturated carbocycles. The van der Waals surface area contributed by atoms with Gasteiger partial charge in [-0.2, -0.15) is 0 Å². The Morgan fingerprint density at radius 3 is 3.00 bits per heavy atom. The van der Waals surface area contributed by atoms with Crippen LogP contribution >= 0.6 is 0 Å². The Bertz CT molecular complexity index is 418. The van der Waals surface area contributed by atoms with Gasteiger partial charge in [0.2, 0.25) is 0 Å². The third-order valence-corrected chi connectivity index (χ3v) is 1.74. The number of carbonyl (C=O) groups excluding carboxylic acids is 1. The highest BCUT2D eigenvalue weighted by Gasteiger charge is 1.98. The molecule has 1 aromatic carbocycles. The van der Waals surface area contributed by atoms with Crippen LogP contribution in [0.1, 0.15) is 10.5 Å². The van der Waals surface area contributed by atoms with Gasteiger partial charge in [0.05, 0.1) is 0 Å². The van der Waals surface area contributed by atoms with Gasteiger partial charge in [0, 0.05) is 17.6 Å². The predicted molar refractivity (Wildman–Crippen MR) is 46.0 cm³/mol. The van der Waals surface area contributed by atoms with Gasteiger partial charge in [0.15, 0.2) is 6.29 Å². The lowest BCUT2D eigenvalue weighted by atomic mass is 10.1. The molecule has 12 heavy (non-hydrogen) atoms. The number of rotatable bonds is 1. The van der Waals surface area contributed by atoms with Crippen LogP contribution < -0.4 is 0 Å². The van der Waals surface area contributed by atoms with Crippen molar-refractivity contribution in [2.24, 2.45) is 0 Å². The van der Waals surface area contributed by atoms with E-state index in [0.29, 0.717) is 5.69 Å². The van der Waals surface area contributed by atoms with E-state index < -0.39 is 0 Å². The highest BCUT2D eigenvalue weighted by molar-refractivity contribution is 5.95. The highest BCUT2D eigenvalue weighted by Crippen LogP contribution is 2.13. The normalized spacial score (nSPS) is 10.0. The van der Waals surface area contributed by atoms with Crippen molar-refractivity contribution in [3.05, 3.63) is 42.2 Å². The summed E-state index contributed by atoms with van der Waals surface area (Å²) in [6.45, 7) is 0. The van der Waals surface area contributed by atoms with Crippen LogP contribution in [0.4, 0.5) is 0 Å². The first-order valence-electron chi connectivity index (χ1n) is 3.62. The summed E-state index contributed by atoms with van der Waals surface area (Å²) in [5, 5.41) is 1.78. The fourth-order valence-corrected chi connectivity index (χ4v) is 1.17. The first-order chi connectivity index (χ1) is 5.92. The number of fused-ring (bicyclic) bond motifs is 1. The van der Waals surface area contributed by atoms with E-state index in [4.69, 9.17) is 0 Å². The van der Waals surface area contributed by atoms with E-state index in [9.17, 15) is 4.79 Å². The summed E-state index contributed by atoms with van der Waals surface area (Å²) in [6, 6.07) is 10.5. The Labute approximate surface area is 69.9 Å². The van der Waals surface area contributed by atoms with Crippen molar-refractivity contribution < 1.29 is 4.79 Å². The first kappa shape index (κ1) is 6.98. The summed E-state index contributed by atoms with van der Waals surface area (Å²) in [5.74, 6) is 0. The molecule has 2 rings (SSSR count). The monoisotopic (exact) mass is 156 g/mol. The molecule has 0 N–H and O–H groups in total. The maximum Gasteiger partial charge on any atom is 0.169 e. The van der Waals surface area contributed by atoms with Crippen LogP contribution in [0, 0.1) is 6.07 Å². The lowest BCUT2D eigenvalue weighted by Gasteiger charge is -1.96. The van der Waals surface area contributed by atoms with E-state index in [-0.39, 0.29) is 0 Å². The number of aldehydes is 1. The minimum absolute atomic E-state index is 0.476. The minimum atomic E-state index is 0.476. The van der Waals surface area contributed by atoms with E-state index >= 15 is 0 Å². The van der Waals surface area contributed by atoms with Gasteiger partial charge >= 0.3 is 0 Å². The lowest BCUT2D eigenvalue weighted by molar-refractivity contribution is 0.112. The summed E-state index contributed by atoms with van der Waals surface area (Å²) >= 11 is 0. The Hall–Kier alpha value is -1.70. The maximum absolute atomic E-state index is 10.5. The van der Waals surface area contributed by atoms with Crippen LogP contribution in [-0.4, -0.2) is 11.3 Å². The second-order valence-electron chi connectivity index (χ2n) is 2.45. The summed E-state index contributed by atoms with van der Waals surface area (Å²) in [7, 11) is 0. The van der Waals surface area contributed by atoms with Gasteiger partial charge in [0.25, 0.3) is 0 Å². The van der Waals surface area contributed by atoms with Crippen molar-refractivity contribution in [1.29, 1.82) is 0 Å². The third kappa shape index (κ3) is 0.975. The van der Waals surface area contributed by atoms with Crippen molar-refractivity contribution in [2.45, 2.75) is 0 Å². The van der Waals surface area contributed by atoms with E-state index in [1.807, 2.05) is 24.3 Å². The molecule has 0 bridgehead atoms. The molecule has 0 atom stereocenters. The molecule has 1 aromatic heterocycles. The second kappa shape index (κ2) is 2.74. The topological polar surface area (TPSA) is 30.0 Å². The van der Waals surface area contributed by atoms with Gasteiger partial charge < -0.3 is 0 Å². The Balaban J connectivity index is 2.88. The zero-order valence-electron chi connectivity index (χ0n) is 6.32. The maximum atomic E-state index is 10.5. The molecule has 0 aliphatic heterocycles. The number of carbonyl (C=O) groups is 1. The quantitative estimate of drug-likeness (QED) is 0.590. The van der Waals surface area contributed by atoms with Crippen molar-refractivity contribution >= 4 is 17.1 Å². The number of nitrogens with zero attached hydrogens (tertiary/aromatic N) is 1. The van der Waals surface area contributed by atoms with Crippen molar-refractivity contribution in [3.8, 4) is 0 Å². The van der Waals surface area contributed by atoms with Gasteiger partial charge in [-0.15, -0.1) is 0 Å². The minimum Gasteiger partial charge on any atom is -0.296 e. The third-order valence-electron chi connectivity index (χ3n) is 1.74. The number of aromatic nitrogens is 1. The summed E-state index contributed by atoms with van der Waals surface area (Å²) < 4.78 is 0. The van der Waals surface area contributed by atoms with Gasteiger partial charge in [-0.3, -0.25) is 9.78 Å². The number of benzene rings is 1. The predicted octanol–water partition coefficient (Wildman–Crippen LogP) is 1.85. The molecule has 1 heterocycles. The molecular weight excluding hydrogens is 150 g/mol. The van der Waals surface area contributed by atoms with Crippen molar-refractivity contribution in [3.63, 3.8) is 0 Å². The molecule has 2 nitrogen and oxygen atoms in total. The first-order valence-corrected chi connectivity index (χ1v) is 3.62. The van der Waals surface area contributed by atoms with Gasteiger partial charge in [-0.05, 0) is 5.39 Å². The molecule has 0 unspecified atom stereocenters. The van der Waals surface area contributed by atoms with E-state index in [2.05, 4.69) is 11.1 Å². The van der Waals surface area contributed by atoms with E-state index in [1.165, 1.54) is 6.20 Å². The molecule has 0 spiro atoms. The number of hydrogen-bond acceptors (Lipinski definition) is 2. The zero-order valence-corrected chi connectivity index (χ0v) is 6.32. The molecular formula is C10H6NO. The molecule has 2 heteroatoms. The fraction of sp³-hybridized carbons (Fsp3) is 0. The summed E-state index contributed by atoms with van der Waals surface area (Å²) in [6.07, 6.45) is 2.28. The Kier molecular flexibility index (Phi) is 1.59. The zero-order chi connectivity index (χ0) is 8.39. The highest BCUT2D eigenvalue weighted by atomic mass is 16.1. The second-order valence-corrected chi connectivity index (χ2v) is 2.45. The SMILES string of the molecule is O=Cc1nc[c]c2ccccc12. The largest absolute Gasteiger partial charge is 0.296 e. The molecule has 0 aliphatic carbocycles. The van der Waals surface area contributed by atoms with Crippen LogP contribution in [0.3, 0.4) is 0 Å². The molecule has 0 saturated heterocycles. The summed E-state index contributed by atoms with van der Waals surface area (Å²) in [4.78, 5) is 14.4. The molecule has 0 amide bonds. The molecule has 57 valence electrons. The molecule has 0 aliphatic rings. The average Bonchev–Trinajstić information content (AvgIpc) is 2.17. The average molecular weight is 156 g/mol. The standard InChI is InChI=1S/C10H6NO/c12-7-10-9-4-2-1-3-8(9)5-6-11-10/h1-4,6-7H. The van der Waals surface area contributed by atoms with Crippen LogP contribution in [-0.2, 0) is 0 Å². The smallest absolute Gasteiger partial charge is 0.169 e. The number of pyridine rings is 1. The van der Waals surface area contributed by atoms with Crippen LogP contribution in [0.5, 0.6) is 0 Å². The van der Waals surface area contributed by atoms with E-state index in [1.54, 1.807) is 0 Å². The Morgan fingerprint density at radius 1 is 1.33 bits per heavy atom. The van der Waals surface area contributed by atoms with Gasteiger partial charge in [0.1, 0.15) is 5.69 Å². The van der Waals surface area contributed by atoms with Crippen molar-refractivity contribution in [2.75, 3.05) is 0 Å². The van der Waals surface area contributed by atoms with Crippen LogP contribution in [0.15, 0.2) is 30.5 Å². The molecule has 0 fully saturated rings.